The van der Waals surface area contributed by atoms with E-state index >= 15 is 0 Å². The first-order valence-corrected chi connectivity index (χ1v) is 6.57. The third-order valence-electron chi connectivity index (χ3n) is 2.94. The summed E-state index contributed by atoms with van der Waals surface area (Å²) in [6.07, 6.45) is -0.663. The van der Waals surface area contributed by atoms with Gasteiger partial charge in [-0.25, -0.2) is 4.39 Å². The molecule has 0 amide bonds. The fourth-order valence-corrected chi connectivity index (χ4v) is 2.13. The molecule has 1 aromatic carbocycles. The zero-order chi connectivity index (χ0) is 13.9. The van der Waals surface area contributed by atoms with E-state index in [1.807, 2.05) is 18.7 Å². The van der Waals surface area contributed by atoms with Crippen molar-refractivity contribution in [1.29, 1.82) is 0 Å². The van der Waals surface area contributed by atoms with E-state index in [1.54, 1.807) is 19.1 Å². The molecule has 3 heteroatoms. The van der Waals surface area contributed by atoms with Crippen molar-refractivity contribution >= 4 is 5.69 Å². The van der Waals surface area contributed by atoms with E-state index in [4.69, 9.17) is 0 Å². The number of hydrogen-bond donors (Lipinski definition) is 1. The average molecular weight is 253 g/mol. The maximum atomic E-state index is 14.1. The summed E-state index contributed by atoms with van der Waals surface area (Å²) in [5.74, 6) is 0.177. The Balaban J connectivity index is 3.25. The number of hydrogen-bond acceptors (Lipinski definition) is 2. The topological polar surface area (TPSA) is 23.5 Å². The van der Waals surface area contributed by atoms with Crippen molar-refractivity contribution < 1.29 is 9.50 Å². The van der Waals surface area contributed by atoms with E-state index in [2.05, 4.69) is 13.8 Å². The standard InChI is InChI=1S/C15H24FNO/c1-10(2)9-17(11(3)4)15-13(12(5)18)7-6-8-14(15)16/h6-8,10-12,18H,9H2,1-5H3/t12-/m1/s1. The predicted molar refractivity (Wildman–Crippen MR) is 74.4 cm³/mol. The van der Waals surface area contributed by atoms with Crippen LogP contribution in [0.15, 0.2) is 18.2 Å². The van der Waals surface area contributed by atoms with Gasteiger partial charge in [0.15, 0.2) is 0 Å². The number of nitrogens with zero attached hydrogens (tertiary/aromatic N) is 1. The first-order chi connectivity index (χ1) is 8.34. The van der Waals surface area contributed by atoms with Crippen LogP contribution in [0.25, 0.3) is 0 Å². The number of benzene rings is 1. The molecule has 102 valence electrons. The van der Waals surface area contributed by atoms with Crippen LogP contribution in [0.4, 0.5) is 10.1 Å². The van der Waals surface area contributed by atoms with Gasteiger partial charge in [-0.3, -0.25) is 0 Å². The van der Waals surface area contributed by atoms with E-state index < -0.39 is 6.10 Å². The molecule has 1 N–H and O–H groups in total. The Morgan fingerprint density at radius 3 is 2.22 bits per heavy atom. The minimum absolute atomic E-state index is 0.196. The highest BCUT2D eigenvalue weighted by molar-refractivity contribution is 5.56. The molecule has 1 atom stereocenters. The van der Waals surface area contributed by atoms with Crippen LogP contribution in [0.2, 0.25) is 0 Å². The van der Waals surface area contributed by atoms with Crippen molar-refractivity contribution in [3.63, 3.8) is 0 Å². The minimum Gasteiger partial charge on any atom is -0.389 e. The highest BCUT2D eigenvalue weighted by atomic mass is 19.1. The summed E-state index contributed by atoms with van der Waals surface area (Å²) in [5, 5.41) is 9.80. The maximum Gasteiger partial charge on any atom is 0.146 e. The predicted octanol–water partition coefficient (Wildman–Crippen LogP) is 3.75. The molecule has 18 heavy (non-hydrogen) atoms. The van der Waals surface area contributed by atoms with Gasteiger partial charge in [-0.15, -0.1) is 0 Å². The van der Waals surface area contributed by atoms with Crippen molar-refractivity contribution in [3.8, 4) is 0 Å². The largest absolute Gasteiger partial charge is 0.389 e. The normalized spacial score (nSPS) is 13.2. The SMILES string of the molecule is CC(C)CN(c1c(F)cccc1[C@@H](C)O)C(C)C. The Morgan fingerprint density at radius 1 is 1.17 bits per heavy atom. The minimum atomic E-state index is -0.663. The Labute approximate surface area is 109 Å². The highest BCUT2D eigenvalue weighted by Gasteiger charge is 2.21. The second-order valence-corrected chi connectivity index (χ2v) is 5.49. The lowest BCUT2D eigenvalue weighted by Crippen LogP contribution is -2.35. The van der Waals surface area contributed by atoms with Gasteiger partial charge in [0.1, 0.15) is 5.82 Å². The van der Waals surface area contributed by atoms with Crippen LogP contribution in [-0.4, -0.2) is 17.7 Å². The lowest BCUT2D eigenvalue weighted by atomic mass is 10.0. The molecule has 0 fully saturated rings. The first kappa shape index (κ1) is 15.0. The Kier molecular flexibility index (Phi) is 5.15. The number of rotatable bonds is 5. The molecule has 0 aliphatic carbocycles. The molecule has 0 saturated carbocycles. The molecule has 0 heterocycles. The molecule has 2 nitrogen and oxygen atoms in total. The summed E-state index contributed by atoms with van der Waals surface area (Å²) in [6.45, 7) is 10.8. The highest BCUT2D eigenvalue weighted by Crippen LogP contribution is 2.31. The van der Waals surface area contributed by atoms with Crippen molar-refractivity contribution in [2.45, 2.75) is 46.8 Å². The average Bonchev–Trinajstić information content (AvgIpc) is 2.25. The summed E-state index contributed by atoms with van der Waals surface area (Å²) in [5.41, 5.74) is 1.19. The van der Waals surface area contributed by atoms with E-state index in [-0.39, 0.29) is 11.9 Å². The summed E-state index contributed by atoms with van der Waals surface area (Å²) in [6, 6.07) is 5.09. The zero-order valence-electron chi connectivity index (χ0n) is 11.9. The fraction of sp³-hybridized carbons (Fsp3) is 0.600. The molecule has 0 saturated heterocycles. The van der Waals surface area contributed by atoms with Gasteiger partial charge in [0.05, 0.1) is 11.8 Å². The second kappa shape index (κ2) is 6.19. The fourth-order valence-electron chi connectivity index (χ4n) is 2.13. The molecule has 0 radical (unpaired) electrons. The van der Waals surface area contributed by atoms with Gasteiger partial charge >= 0.3 is 0 Å². The Morgan fingerprint density at radius 2 is 1.78 bits per heavy atom. The van der Waals surface area contributed by atoms with Gasteiger partial charge in [-0.1, -0.05) is 26.0 Å². The summed E-state index contributed by atoms with van der Waals surface area (Å²) >= 11 is 0. The van der Waals surface area contributed by atoms with Gasteiger partial charge in [-0.2, -0.15) is 0 Å². The summed E-state index contributed by atoms with van der Waals surface area (Å²) in [7, 11) is 0. The van der Waals surface area contributed by atoms with Crippen LogP contribution >= 0.6 is 0 Å². The molecule has 0 aliphatic rings. The van der Waals surface area contributed by atoms with E-state index in [0.29, 0.717) is 17.2 Å². The van der Waals surface area contributed by atoms with Crippen LogP contribution < -0.4 is 4.90 Å². The van der Waals surface area contributed by atoms with E-state index in [0.717, 1.165) is 6.54 Å². The van der Waals surface area contributed by atoms with Crippen molar-refractivity contribution in [1.82, 2.24) is 0 Å². The number of aliphatic hydroxyl groups is 1. The molecule has 0 spiro atoms. The van der Waals surface area contributed by atoms with Crippen LogP contribution in [0.3, 0.4) is 0 Å². The van der Waals surface area contributed by atoms with Crippen molar-refractivity contribution in [3.05, 3.63) is 29.6 Å². The third kappa shape index (κ3) is 3.45. The molecule has 0 unspecified atom stereocenters. The molecule has 0 aromatic heterocycles. The maximum absolute atomic E-state index is 14.1. The Bertz CT molecular complexity index is 388. The lowest BCUT2D eigenvalue weighted by Gasteiger charge is -2.33. The van der Waals surface area contributed by atoms with Gasteiger partial charge in [0.25, 0.3) is 0 Å². The summed E-state index contributed by atoms with van der Waals surface area (Å²) in [4.78, 5) is 2.03. The molecule has 0 bridgehead atoms. The molecular formula is C15H24FNO. The zero-order valence-corrected chi connectivity index (χ0v) is 11.9. The number of anilines is 1. The Hall–Kier alpha value is -1.09. The second-order valence-electron chi connectivity index (χ2n) is 5.49. The van der Waals surface area contributed by atoms with Crippen LogP contribution in [0.1, 0.15) is 46.3 Å². The molecule has 1 aromatic rings. The smallest absolute Gasteiger partial charge is 0.146 e. The van der Waals surface area contributed by atoms with Crippen LogP contribution in [0.5, 0.6) is 0 Å². The first-order valence-electron chi connectivity index (χ1n) is 6.57. The lowest BCUT2D eigenvalue weighted by molar-refractivity contribution is 0.199. The van der Waals surface area contributed by atoms with Gasteiger partial charge in [-0.05, 0) is 32.8 Å². The summed E-state index contributed by atoms with van der Waals surface area (Å²) < 4.78 is 14.1. The third-order valence-corrected chi connectivity index (χ3v) is 2.94. The van der Waals surface area contributed by atoms with Gasteiger partial charge in [0.2, 0.25) is 0 Å². The quantitative estimate of drug-likeness (QED) is 0.864. The van der Waals surface area contributed by atoms with E-state index in [9.17, 15) is 9.50 Å². The van der Waals surface area contributed by atoms with Gasteiger partial charge in [0, 0.05) is 18.2 Å². The van der Waals surface area contributed by atoms with Gasteiger partial charge < -0.3 is 10.0 Å². The number of aliphatic hydroxyl groups excluding tert-OH is 1. The molecular weight excluding hydrogens is 229 g/mol. The van der Waals surface area contributed by atoms with E-state index in [1.165, 1.54) is 6.07 Å². The monoisotopic (exact) mass is 253 g/mol. The molecule has 0 aliphatic heterocycles. The van der Waals surface area contributed by atoms with Crippen LogP contribution in [-0.2, 0) is 0 Å². The van der Waals surface area contributed by atoms with Crippen molar-refractivity contribution in [2.24, 2.45) is 5.92 Å². The molecule has 1 rings (SSSR count). The van der Waals surface area contributed by atoms with Crippen molar-refractivity contribution in [2.75, 3.05) is 11.4 Å². The van der Waals surface area contributed by atoms with Crippen LogP contribution in [0, 0.1) is 11.7 Å². The number of halogens is 1. The number of para-hydroxylation sites is 1.